The highest BCUT2D eigenvalue weighted by atomic mass is 19.4. The number of hydrogen-bond acceptors (Lipinski definition) is 4. The summed E-state index contributed by atoms with van der Waals surface area (Å²) in [5, 5.41) is 7.72. The van der Waals surface area contributed by atoms with E-state index in [-0.39, 0.29) is 24.4 Å². The van der Waals surface area contributed by atoms with E-state index in [2.05, 4.69) is 15.2 Å². The number of ether oxygens (including phenoxy) is 1. The largest absolute Gasteiger partial charge is 0.484 e. The van der Waals surface area contributed by atoms with E-state index in [1.165, 1.54) is 24.4 Å². The Morgan fingerprint density at radius 3 is 2.71 bits per heavy atom. The van der Waals surface area contributed by atoms with Gasteiger partial charge in [-0.05, 0) is 23.8 Å². The topological polar surface area (TPSA) is 73.2 Å². The first-order valence-electron chi connectivity index (χ1n) is 8.32. The van der Waals surface area contributed by atoms with Gasteiger partial charge in [0, 0.05) is 11.9 Å². The molecule has 1 aromatic heterocycles. The molecule has 6 nitrogen and oxygen atoms in total. The second kappa shape index (κ2) is 8.12. The lowest BCUT2D eigenvalue weighted by atomic mass is 10.2. The highest BCUT2D eigenvalue weighted by Gasteiger charge is 2.28. The average molecular weight is 391 g/mol. The SMILES string of the molecule is O=C(Cn1ncc2ccccc2c1=O)NCc1cccc(OCC(F)(F)F)c1. The third kappa shape index (κ3) is 5.09. The third-order valence-corrected chi connectivity index (χ3v) is 3.85. The van der Waals surface area contributed by atoms with Crippen LogP contribution in [0, 0.1) is 0 Å². The van der Waals surface area contributed by atoms with Gasteiger partial charge in [0.15, 0.2) is 6.61 Å². The van der Waals surface area contributed by atoms with Crippen LogP contribution in [-0.2, 0) is 17.9 Å². The predicted octanol–water partition coefficient (Wildman–Crippen LogP) is 2.65. The van der Waals surface area contributed by atoms with Crippen molar-refractivity contribution in [2.24, 2.45) is 0 Å². The first-order valence-corrected chi connectivity index (χ1v) is 8.32. The van der Waals surface area contributed by atoms with Gasteiger partial charge in [-0.1, -0.05) is 30.3 Å². The van der Waals surface area contributed by atoms with Crippen molar-refractivity contribution in [2.45, 2.75) is 19.3 Å². The Bertz CT molecular complexity index is 1050. The van der Waals surface area contributed by atoms with E-state index in [0.717, 1.165) is 4.68 Å². The van der Waals surface area contributed by atoms with Gasteiger partial charge >= 0.3 is 6.18 Å². The van der Waals surface area contributed by atoms with Crippen molar-refractivity contribution < 1.29 is 22.7 Å². The van der Waals surface area contributed by atoms with Crippen LogP contribution in [0.15, 0.2) is 59.5 Å². The molecule has 28 heavy (non-hydrogen) atoms. The first kappa shape index (κ1) is 19.4. The lowest BCUT2D eigenvalue weighted by molar-refractivity contribution is -0.153. The van der Waals surface area contributed by atoms with Crippen molar-refractivity contribution >= 4 is 16.7 Å². The van der Waals surface area contributed by atoms with E-state index in [9.17, 15) is 22.8 Å². The molecule has 146 valence electrons. The van der Waals surface area contributed by atoms with Crippen LogP contribution >= 0.6 is 0 Å². The van der Waals surface area contributed by atoms with Gasteiger partial charge in [-0.25, -0.2) is 4.68 Å². The number of benzene rings is 2. The predicted molar refractivity (Wildman–Crippen MR) is 95.8 cm³/mol. The second-order valence-electron chi connectivity index (χ2n) is 6.02. The Labute approximate surface area is 157 Å². The molecule has 1 amide bonds. The molecule has 0 bridgehead atoms. The Hall–Kier alpha value is -3.36. The molecule has 0 atom stereocenters. The summed E-state index contributed by atoms with van der Waals surface area (Å²) in [4.78, 5) is 24.5. The Morgan fingerprint density at radius 1 is 1.14 bits per heavy atom. The maximum Gasteiger partial charge on any atom is 0.422 e. The molecule has 9 heteroatoms. The summed E-state index contributed by atoms with van der Waals surface area (Å²) in [5.74, 6) is -0.400. The van der Waals surface area contributed by atoms with Gasteiger partial charge in [-0.3, -0.25) is 9.59 Å². The summed E-state index contributed by atoms with van der Waals surface area (Å²) in [5.41, 5.74) is 0.183. The number of fused-ring (bicyclic) bond motifs is 1. The molecule has 3 aromatic rings. The van der Waals surface area contributed by atoms with E-state index in [0.29, 0.717) is 16.3 Å². The number of rotatable bonds is 6. The molecular weight excluding hydrogens is 375 g/mol. The van der Waals surface area contributed by atoms with Crippen LogP contribution < -0.4 is 15.6 Å². The summed E-state index contributed by atoms with van der Waals surface area (Å²) >= 11 is 0. The number of hydrogen-bond donors (Lipinski definition) is 1. The molecule has 1 N–H and O–H groups in total. The molecule has 0 aliphatic carbocycles. The molecule has 0 spiro atoms. The fourth-order valence-electron chi connectivity index (χ4n) is 2.54. The van der Waals surface area contributed by atoms with Gasteiger partial charge < -0.3 is 10.1 Å². The monoisotopic (exact) mass is 391 g/mol. The minimum atomic E-state index is -4.43. The van der Waals surface area contributed by atoms with Crippen molar-refractivity contribution in [1.29, 1.82) is 0 Å². The first-order chi connectivity index (χ1) is 13.3. The molecule has 0 aliphatic heterocycles. The normalized spacial score (nSPS) is 11.4. The number of carbonyl (C=O) groups excluding carboxylic acids is 1. The molecule has 3 rings (SSSR count). The van der Waals surface area contributed by atoms with E-state index >= 15 is 0 Å². The standard InChI is InChI=1S/C19H16F3N3O3/c20-19(21,22)12-28-15-6-3-4-13(8-15)9-23-17(26)11-25-18(27)16-7-2-1-5-14(16)10-24-25/h1-8,10H,9,11-12H2,(H,23,26). The maximum absolute atomic E-state index is 12.3. The minimum Gasteiger partial charge on any atom is -0.484 e. The zero-order valence-electron chi connectivity index (χ0n) is 14.6. The molecule has 2 aromatic carbocycles. The zero-order valence-corrected chi connectivity index (χ0v) is 14.6. The van der Waals surface area contributed by atoms with E-state index < -0.39 is 18.7 Å². The minimum absolute atomic E-state index is 0.0523. The third-order valence-electron chi connectivity index (χ3n) is 3.85. The molecule has 0 saturated heterocycles. The molecule has 0 saturated carbocycles. The summed E-state index contributed by atoms with van der Waals surface area (Å²) < 4.78 is 42.4. The molecule has 0 aliphatic rings. The van der Waals surface area contributed by atoms with Crippen LogP contribution in [0.25, 0.3) is 10.8 Å². The van der Waals surface area contributed by atoms with Gasteiger partial charge in [0.1, 0.15) is 12.3 Å². The number of nitrogens with one attached hydrogen (secondary N) is 1. The van der Waals surface area contributed by atoms with Crippen LogP contribution in [-0.4, -0.2) is 28.5 Å². The summed E-state index contributed by atoms with van der Waals surface area (Å²) in [6, 6.07) is 12.9. The molecule has 1 heterocycles. The van der Waals surface area contributed by atoms with Crippen LogP contribution in [0.2, 0.25) is 0 Å². The summed E-state index contributed by atoms with van der Waals surface area (Å²) in [7, 11) is 0. The number of aromatic nitrogens is 2. The maximum atomic E-state index is 12.3. The summed E-state index contributed by atoms with van der Waals surface area (Å²) in [6.45, 7) is -1.59. The average Bonchev–Trinajstić information content (AvgIpc) is 2.67. The van der Waals surface area contributed by atoms with E-state index in [1.54, 1.807) is 30.3 Å². The van der Waals surface area contributed by atoms with Crippen LogP contribution in [0.4, 0.5) is 13.2 Å². The van der Waals surface area contributed by atoms with Crippen molar-refractivity contribution in [1.82, 2.24) is 15.1 Å². The highest BCUT2D eigenvalue weighted by molar-refractivity contribution is 5.81. The molecule has 0 fully saturated rings. The number of halogens is 3. The smallest absolute Gasteiger partial charge is 0.422 e. The van der Waals surface area contributed by atoms with E-state index in [1.807, 2.05) is 0 Å². The van der Waals surface area contributed by atoms with Gasteiger partial charge in [0.25, 0.3) is 5.56 Å². The quantitative estimate of drug-likeness (QED) is 0.701. The van der Waals surface area contributed by atoms with E-state index in [4.69, 9.17) is 0 Å². The zero-order chi connectivity index (χ0) is 20.1. The Morgan fingerprint density at radius 2 is 1.93 bits per heavy atom. The number of amides is 1. The van der Waals surface area contributed by atoms with Crippen LogP contribution in [0.5, 0.6) is 5.75 Å². The highest BCUT2D eigenvalue weighted by Crippen LogP contribution is 2.19. The lowest BCUT2D eigenvalue weighted by Crippen LogP contribution is -2.33. The Balaban J connectivity index is 1.60. The van der Waals surface area contributed by atoms with Crippen molar-refractivity contribution in [3.05, 3.63) is 70.6 Å². The molecule has 0 unspecified atom stereocenters. The van der Waals surface area contributed by atoms with Crippen molar-refractivity contribution in [3.63, 3.8) is 0 Å². The lowest BCUT2D eigenvalue weighted by Gasteiger charge is -2.11. The van der Waals surface area contributed by atoms with Crippen LogP contribution in [0.3, 0.4) is 0 Å². The fourth-order valence-corrected chi connectivity index (χ4v) is 2.54. The van der Waals surface area contributed by atoms with Gasteiger partial charge in [-0.2, -0.15) is 18.3 Å². The van der Waals surface area contributed by atoms with Crippen molar-refractivity contribution in [3.8, 4) is 5.75 Å². The molecular formula is C19H16F3N3O3. The fraction of sp³-hybridized carbons (Fsp3) is 0.211. The van der Waals surface area contributed by atoms with Gasteiger partial charge in [-0.15, -0.1) is 0 Å². The molecule has 0 radical (unpaired) electrons. The second-order valence-corrected chi connectivity index (χ2v) is 6.02. The van der Waals surface area contributed by atoms with Gasteiger partial charge in [0.2, 0.25) is 5.91 Å². The summed E-state index contributed by atoms with van der Waals surface area (Å²) in [6.07, 6.45) is -2.92. The Kier molecular flexibility index (Phi) is 5.62. The van der Waals surface area contributed by atoms with Gasteiger partial charge in [0.05, 0.1) is 11.6 Å². The number of nitrogens with zero attached hydrogens (tertiary/aromatic N) is 2. The van der Waals surface area contributed by atoms with Crippen LogP contribution in [0.1, 0.15) is 5.56 Å². The number of carbonyl (C=O) groups is 1. The number of alkyl halides is 3. The van der Waals surface area contributed by atoms with Crippen molar-refractivity contribution in [2.75, 3.05) is 6.61 Å².